The molecule has 1 heterocycles. The number of hydrogen-bond donors (Lipinski definition) is 1. The minimum absolute atomic E-state index is 0.0114. The summed E-state index contributed by atoms with van der Waals surface area (Å²) in [6.07, 6.45) is 0. The first-order valence-electron chi connectivity index (χ1n) is 4.97. The lowest BCUT2D eigenvalue weighted by Gasteiger charge is -2.07. The number of nitrogens with zero attached hydrogens (tertiary/aromatic N) is 3. The van der Waals surface area contributed by atoms with Crippen molar-refractivity contribution < 1.29 is 4.74 Å². The summed E-state index contributed by atoms with van der Waals surface area (Å²) in [4.78, 5) is 11.3. The van der Waals surface area contributed by atoms with Crippen molar-refractivity contribution in [3.8, 4) is 11.8 Å². The molecule has 0 aliphatic heterocycles. The van der Waals surface area contributed by atoms with Crippen LogP contribution in [0.2, 0.25) is 5.28 Å². The summed E-state index contributed by atoms with van der Waals surface area (Å²) in [5.74, 6) is 0.696. The first kappa shape index (κ1) is 11.6. The number of benzene rings is 1. The van der Waals surface area contributed by atoms with E-state index in [1.54, 1.807) is 0 Å². The van der Waals surface area contributed by atoms with Crippen LogP contribution in [0, 0.1) is 13.8 Å². The smallest absolute Gasteiger partial charge is 0.328 e. The third kappa shape index (κ3) is 2.82. The van der Waals surface area contributed by atoms with E-state index in [0.29, 0.717) is 5.75 Å². The fraction of sp³-hybridized carbons (Fsp3) is 0.182. The molecule has 2 aromatic rings. The number of halogens is 1. The third-order valence-corrected chi connectivity index (χ3v) is 2.31. The van der Waals surface area contributed by atoms with Crippen molar-refractivity contribution in [3.63, 3.8) is 0 Å². The van der Waals surface area contributed by atoms with Gasteiger partial charge in [-0.1, -0.05) is 17.7 Å². The SMILES string of the molecule is Cc1ccc(Oc2nc(N)nc(Cl)n2)c(C)c1. The summed E-state index contributed by atoms with van der Waals surface area (Å²) >= 11 is 5.66. The molecule has 0 amide bonds. The molecule has 0 saturated heterocycles. The maximum Gasteiger partial charge on any atom is 0.328 e. The maximum atomic E-state index is 5.66. The zero-order valence-electron chi connectivity index (χ0n) is 9.44. The Balaban J connectivity index is 2.31. The van der Waals surface area contributed by atoms with Crippen LogP contribution in [0.4, 0.5) is 5.95 Å². The molecule has 5 nitrogen and oxygen atoms in total. The summed E-state index contributed by atoms with van der Waals surface area (Å²) in [6, 6.07) is 5.88. The van der Waals surface area contributed by atoms with Crippen LogP contribution in [0.5, 0.6) is 11.8 Å². The minimum atomic E-state index is 0.0114. The van der Waals surface area contributed by atoms with Crippen molar-refractivity contribution in [3.05, 3.63) is 34.6 Å². The van der Waals surface area contributed by atoms with Gasteiger partial charge in [0, 0.05) is 0 Å². The fourth-order valence-corrected chi connectivity index (χ4v) is 1.56. The average molecular weight is 251 g/mol. The summed E-state index contributed by atoms with van der Waals surface area (Å²) in [5.41, 5.74) is 7.59. The molecule has 0 spiro atoms. The van der Waals surface area contributed by atoms with E-state index in [2.05, 4.69) is 15.0 Å². The van der Waals surface area contributed by atoms with E-state index >= 15 is 0 Å². The number of ether oxygens (including phenoxy) is 1. The van der Waals surface area contributed by atoms with Gasteiger partial charge in [-0.2, -0.15) is 15.0 Å². The minimum Gasteiger partial charge on any atom is -0.424 e. The van der Waals surface area contributed by atoms with E-state index < -0.39 is 0 Å². The van der Waals surface area contributed by atoms with Gasteiger partial charge in [0.25, 0.3) is 0 Å². The lowest BCUT2D eigenvalue weighted by atomic mass is 10.1. The Morgan fingerprint density at radius 3 is 2.59 bits per heavy atom. The zero-order valence-corrected chi connectivity index (χ0v) is 10.2. The number of hydrogen-bond acceptors (Lipinski definition) is 5. The van der Waals surface area contributed by atoms with Crippen molar-refractivity contribution in [1.29, 1.82) is 0 Å². The molecule has 1 aromatic heterocycles. The van der Waals surface area contributed by atoms with Crippen LogP contribution in [-0.2, 0) is 0 Å². The molecule has 0 atom stereocenters. The summed E-state index contributed by atoms with van der Waals surface area (Å²) < 4.78 is 5.50. The van der Waals surface area contributed by atoms with Crippen LogP contribution in [0.3, 0.4) is 0 Å². The molecular weight excluding hydrogens is 240 g/mol. The Morgan fingerprint density at radius 2 is 1.94 bits per heavy atom. The molecule has 88 valence electrons. The molecule has 0 unspecified atom stereocenters. The van der Waals surface area contributed by atoms with Gasteiger partial charge in [-0.3, -0.25) is 0 Å². The fourth-order valence-electron chi connectivity index (χ4n) is 1.40. The van der Waals surface area contributed by atoms with E-state index in [1.165, 1.54) is 0 Å². The Kier molecular flexibility index (Phi) is 3.10. The molecule has 0 radical (unpaired) electrons. The number of rotatable bonds is 2. The highest BCUT2D eigenvalue weighted by Crippen LogP contribution is 2.23. The quantitative estimate of drug-likeness (QED) is 0.887. The number of aromatic nitrogens is 3. The van der Waals surface area contributed by atoms with Gasteiger partial charge in [0.15, 0.2) is 0 Å². The molecule has 0 aliphatic carbocycles. The highest BCUT2D eigenvalue weighted by molar-refractivity contribution is 6.28. The van der Waals surface area contributed by atoms with Gasteiger partial charge in [0.1, 0.15) is 5.75 Å². The van der Waals surface area contributed by atoms with Crippen molar-refractivity contribution >= 4 is 17.5 Å². The molecule has 6 heteroatoms. The third-order valence-electron chi connectivity index (χ3n) is 2.14. The van der Waals surface area contributed by atoms with Gasteiger partial charge in [-0.25, -0.2) is 0 Å². The molecule has 0 fully saturated rings. The maximum absolute atomic E-state index is 5.66. The standard InChI is InChI=1S/C11H11ClN4O/c1-6-3-4-8(7(2)5-6)17-11-15-9(12)14-10(13)16-11/h3-5H,1-2H3,(H2,13,14,15,16). The van der Waals surface area contributed by atoms with Crippen LogP contribution < -0.4 is 10.5 Å². The molecule has 0 aliphatic rings. The summed E-state index contributed by atoms with van der Waals surface area (Å²) in [5, 5.41) is 0.0114. The normalized spacial score (nSPS) is 10.3. The van der Waals surface area contributed by atoms with Crippen molar-refractivity contribution in [1.82, 2.24) is 15.0 Å². The van der Waals surface area contributed by atoms with E-state index in [9.17, 15) is 0 Å². The lowest BCUT2D eigenvalue weighted by Crippen LogP contribution is -2.01. The second kappa shape index (κ2) is 4.55. The molecule has 1 aromatic carbocycles. The van der Waals surface area contributed by atoms with Gasteiger partial charge in [-0.05, 0) is 37.1 Å². The first-order chi connectivity index (χ1) is 8.04. The highest BCUT2D eigenvalue weighted by atomic mass is 35.5. The molecule has 2 N–H and O–H groups in total. The van der Waals surface area contributed by atoms with Crippen LogP contribution in [0.15, 0.2) is 18.2 Å². The second-order valence-electron chi connectivity index (χ2n) is 3.62. The largest absolute Gasteiger partial charge is 0.424 e. The number of anilines is 1. The number of aryl methyl sites for hydroxylation is 2. The van der Waals surface area contributed by atoms with E-state index in [4.69, 9.17) is 22.1 Å². The molecule has 0 bridgehead atoms. The predicted octanol–water partition coefficient (Wildman–Crippen LogP) is 2.52. The number of nitrogens with two attached hydrogens (primary N) is 1. The van der Waals surface area contributed by atoms with Crippen LogP contribution >= 0.6 is 11.6 Å². The van der Waals surface area contributed by atoms with Crippen molar-refractivity contribution in [2.24, 2.45) is 0 Å². The topological polar surface area (TPSA) is 73.9 Å². The van der Waals surface area contributed by atoms with Crippen LogP contribution in [0.25, 0.3) is 0 Å². The molecular formula is C11H11ClN4O. The average Bonchev–Trinajstić information content (AvgIpc) is 2.21. The molecule has 17 heavy (non-hydrogen) atoms. The van der Waals surface area contributed by atoms with Crippen molar-refractivity contribution in [2.75, 3.05) is 5.73 Å². The number of nitrogen functional groups attached to an aromatic ring is 1. The van der Waals surface area contributed by atoms with E-state index in [0.717, 1.165) is 11.1 Å². The van der Waals surface area contributed by atoms with E-state index in [-0.39, 0.29) is 17.2 Å². The van der Waals surface area contributed by atoms with Gasteiger partial charge < -0.3 is 10.5 Å². The Bertz CT molecular complexity index is 539. The Morgan fingerprint density at radius 1 is 1.18 bits per heavy atom. The first-order valence-corrected chi connectivity index (χ1v) is 5.34. The predicted molar refractivity (Wildman–Crippen MR) is 65.2 cm³/mol. The van der Waals surface area contributed by atoms with Gasteiger partial charge in [0.2, 0.25) is 11.2 Å². The van der Waals surface area contributed by atoms with Crippen molar-refractivity contribution in [2.45, 2.75) is 13.8 Å². The molecule has 2 rings (SSSR count). The Hall–Kier alpha value is -1.88. The van der Waals surface area contributed by atoms with Gasteiger partial charge >= 0.3 is 6.01 Å². The second-order valence-corrected chi connectivity index (χ2v) is 3.95. The zero-order chi connectivity index (χ0) is 12.4. The summed E-state index contributed by atoms with van der Waals surface area (Å²) in [7, 11) is 0. The van der Waals surface area contributed by atoms with Crippen LogP contribution in [0.1, 0.15) is 11.1 Å². The highest BCUT2D eigenvalue weighted by Gasteiger charge is 2.07. The van der Waals surface area contributed by atoms with Gasteiger partial charge in [-0.15, -0.1) is 0 Å². The van der Waals surface area contributed by atoms with Gasteiger partial charge in [0.05, 0.1) is 0 Å². The van der Waals surface area contributed by atoms with E-state index in [1.807, 2.05) is 32.0 Å². The monoisotopic (exact) mass is 250 g/mol. The Labute approximate surface area is 104 Å². The lowest BCUT2D eigenvalue weighted by molar-refractivity contribution is 0.437. The molecule has 0 saturated carbocycles. The summed E-state index contributed by atoms with van der Waals surface area (Å²) in [6.45, 7) is 3.95. The van der Waals surface area contributed by atoms with Crippen LogP contribution in [-0.4, -0.2) is 15.0 Å².